The number of rotatable bonds is 7. The second-order valence-electron chi connectivity index (χ2n) is 7.54. The fourth-order valence-electron chi connectivity index (χ4n) is 2.63. The van der Waals surface area contributed by atoms with Crippen molar-refractivity contribution in [2.24, 2.45) is 5.92 Å². The van der Waals surface area contributed by atoms with E-state index in [-0.39, 0.29) is 11.0 Å². The maximum Gasteiger partial charge on any atom is 0.00968 e. The maximum atomic E-state index is 3.74. The van der Waals surface area contributed by atoms with E-state index in [1.165, 1.54) is 24.8 Å². The van der Waals surface area contributed by atoms with Crippen molar-refractivity contribution in [2.75, 3.05) is 6.54 Å². The molecule has 0 saturated carbocycles. The Morgan fingerprint density at radius 1 is 1.05 bits per heavy atom. The lowest BCUT2D eigenvalue weighted by molar-refractivity contribution is 0.288. The fraction of sp³-hybridized carbons (Fsp3) is 0.684. The van der Waals surface area contributed by atoms with Gasteiger partial charge in [0.1, 0.15) is 0 Å². The van der Waals surface area contributed by atoms with E-state index in [0.29, 0.717) is 0 Å². The molecule has 0 heterocycles. The molecule has 1 aromatic rings. The Morgan fingerprint density at radius 3 is 2.10 bits per heavy atom. The first-order chi connectivity index (χ1) is 9.29. The zero-order valence-corrected chi connectivity index (χ0v) is 14.3. The molecule has 0 aliphatic heterocycles. The van der Waals surface area contributed by atoms with Crippen LogP contribution in [0.4, 0.5) is 0 Å². The molecule has 0 radical (unpaired) electrons. The molecule has 0 aliphatic carbocycles. The average Bonchev–Trinajstić information content (AvgIpc) is 2.39. The molecule has 0 bridgehead atoms. The van der Waals surface area contributed by atoms with Crippen LogP contribution in [0.25, 0.3) is 0 Å². The Labute approximate surface area is 126 Å². The highest BCUT2D eigenvalue weighted by Gasteiger charge is 2.31. The quantitative estimate of drug-likeness (QED) is 0.725. The summed E-state index contributed by atoms with van der Waals surface area (Å²) in [5.74, 6) is 0.763. The summed E-state index contributed by atoms with van der Waals surface area (Å²) in [5.41, 5.74) is 1.92. The molecular weight excluding hydrogens is 242 g/mol. The zero-order chi connectivity index (χ0) is 15.2. The molecule has 1 aromatic carbocycles. The molecule has 1 unspecified atom stereocenters. The second kappa shape index (κ2) is 7.26. The van der Waals surface area contributed by atoms with Crippen molar-refractivity contribution in [2.45, 2.75) is 71.8 Å². The largest absolute Gasteiger partial charge is 0.311 e. The molecule has 0 aromatic heterocycles. The van der Waals surface area contributed by atoms with Crippen LogP contribution in [0.15, 0.2) is 30.3 Å². The maximum absolute atomic E-state index is 3.74. The Hall–Kier alpha value is -0.820. The van der Waals surface area contributed by atoms with Gasteiger partial charge in [0, 0.05) is 17.5 Å². The summed E-state index contributed by atoms with van der Waals surface area (Å²) in [6.45, 7) is 14.8. The van der Waals surface area contributed by atoms with Crippen molar-refractivity contribution in [1.29, 1.82) is 0 Å². The summed E-state index contributed by atoms with van der Waals surface area (Å²) in [5, 5.41) is 3.74. The summed E-state index contributed by atoms with van der Waals surface area (Å²) < 4.78 is 0. The van der Waals surface area contributed by atoms with Crippen molar-refractivity contribution in [3.63, 3.8) is 0 Å². The van der Waals surface area contributed by atoms with E-state index in [0.717, 1.165) is 12.5 Å². The van der Waals surface area contributed by atoms with Crippen LogP contribution >= 0.6 is 0 Å². The van der Waals surface area contributed by atoms with Gasteiger partial charge in [-0.15, -0.1) is 0 Å². The van der Waals surface area contributed by atoms with Gasteiger partial charge in [-0.25, -0.2) is 0 Å². The third-order valence-corrected chi connectivity index (χ3v) is 4.22. The molecular formula is C19H33N. The van der Waals surface area contributed by atoms with Gasteiger partial charge >= 0.3 is 0 Å². The smallest absolute Gasteiger partial charge is 0.00968 e. The Morgan fingerprint density at radius 2 is 1.65 bits per heavy atom. The molecule has 1 rings (SSSR count). The standard InChI is InChI=1S/C19H33N/c1-7-19(14-13-16(2)3,15-20-18(4,5)6)17-11-9-8-10-12-17/h8-12,16,20H,7,13-15H2,1-6H3. The van der Waals surface area contributed by atoms with Crippen molar-refractivity contribution in [1.82, 2.24) is 5.32 Å². The van der Waals surface area contributed by atoms with Crippen molar-refractivity contribution < 1.29 is 0 Å². The van der Waals surface area contributed by atoms with E-state index < -0.39 is 0 Å². The van der Waals surface area contributed by atoms with Gasteiger partial charge in [-0.2, -0.15) is 0 Å². The third kappa shape index (κ3) is 5.28. The fourth-order valence-corrected chi connectivity index (χ4v) is 2.63. The lowest BCUT2D eigenvalue weighted by Crippen LogP contribution is -2.46. The van der Waals surface area contributed by atoms with Crippen molar-refractivity contribution in [3.05, 3.63) is 35.9 Å². The molecule has 1 N–H and O–H groups in total. The minimum Gasteiger partial charge on any atom is -0.311 e. The number of hydrogen-bond donors (Lipinski definition) is 1. The summed E-state index contributed by atoms with van der Waals surface area (Å²) in [6.07, 6.45) is 3.73. The third-order valence-electron chi connectivity index (χ3n) is 4.22. The lowest BCUT2D eigenvalue weighted by atomic mass is 9.73. The van der Waals surface area contributed by atoms with Gasteiger partial charge in [0.15, 0.2) is 0 Å². The normalized spacial score (nSPS) is 15.3. The molecule has 0 fully saturated rings. The minimum absolute atomic E-state index is 0.174. The van der Waals surface area contributed by atoms with Gasteiger partial charge < -0.3 is 5.32 Å². The van der Waals surface area contributed by atoms with Crippen molar-refractivity contribution >= 4 is 0 Å². The van der Waals surface area contributed by atoms with E-state index in [1.807, 2.05) is 0 Å². The molecule has 0 saturated heterocycles. The van der Waals surface area contributed by atoms with E-state index in [4.69, 9.17) is 0 Å². The van der Waals surface area contributed by atoms with E-state index in [9.17, 15) is 0 Å². The molecule has 114 valence electrons. The highest BCUT2D eigenvalue weighted by atomic mass is 15.0. The predicted molar refractivity (Wildman–Crippen MR) is 90.2 cm³/mol. The minimum atomic E-state index is 0.174. The van der Waals surface area contributed by atoms with Crippen LogP contribution < -0.4 is 5.32 Å². The Bertz CT molecular complexity index is 375. The first kappa shape index (κ1) is 17.2. The van der Waals surface area contributed by atoms with Crippen LogP contribution in [0.2, 0.25) is 0 Å². The van der Waals surface area contributed by atoms with Gasteiger partial charge in [-0.1, -0.05) is 57.5 Å². The van der Waals surface area contributed by atoms with Gasteiger partial charge in [0.25, 0.3) is 0 Å². The van der Waals surface area contributed by atoms with E-state index >= 15 is 0 Å². The first-order valence-electron chi connectivity index (χ1n) is 8.09. The molecule has 1 nitrogen and oxygen atoms in total. The summed E-state index contributed by atoms with van der Waals surface area (Å²) >= 11 is 0. The van der Waals surface area contributed by atoms with Crippen LogP contribution in [-0.2, 0) is 5.41 Å². The van der Waals surface area contributed by atoms with Gasteiger partial charge in [0.2, 0.25) is 0 Å². The zero-order valence-electron chi connectivity index (χ0n) is 14.3. The van der Waals surface area contributed by atoms with Crippen molar-refractivity contribution in [3.8, 4) is 0 Å². The summed E-state index contributed by atoms with van der Waals surface area (Å²) in [4.78, 5) is 0. The topological polar surface area (TPSA) is 12.0 Å². The van der Waals surface area contributed by atoms with Gasteiger partial charge in [0.05, 0.1) is 0 Å². The van der Waals surface area contributed by atoms with Crippen LogP contribution in [-0.4, -0.2) is 12.1 Å². The molecule has 0 aliphatic rings. The van der Waals surface area contributed by atoms with Crippen LogP contribution in [0.3, 0.4) is 0 Å². The summed E-state index contributed by atoms with van der Waals surface area (Å²) in [7, 11) is 0. The van der Waals surface area contributed by atoms with E-state index in [2.05, 4.69) is 77.2 Å². The first-order valence-corrected chi connectivity index (χ1v) is 8.09. The Kier molecular flexibility index (Phi) is 6.26. The van der Waals surface area contributed by atoms with Crippen LogP contribution in [0, 0.1) is 5.92 Å². The number of benzene rings is 1. The predicted octanol–water partition coefficient (Wildman–Crippen LogP) is 5.16. The Balaban J connectivity index is 2.96. The molecule has 0 spiro atoms. The second-order valence-corrected chi connectivity index (χ2v) is 7.54. The highest BCUT2D eigenvalue weighted by Crippen LogP contribution is 2.34. The lowest BCUT2D eigenvalue weighted by Gasteiger charge is -2.37. The molecule has 1 heteroatoms. The molecule has 1 atom stereocenters. The van der Waals surface area contributed by atoms with Crippen LogP contribution in [0.1, 0.15) is 66.4 Å². The number of hydrogen-bond acceptors (Lipinski definition) is 1. The van der Waals surface area contributed by atoms with Crippen LogP contribution in [0.5, 0.6) is 0 Å². The number of nitrogens with one attached hydrogen (secondary N) is 1. The summed E-state index contributed by atoms with van der Waals surface area (Å²) in [6, 6.07) is 11.1. The SMILES string of the molecule is CCC(CCC(C)C)(CNC(C)(C)C)c1ccccc1. The van der Waals surface area contributed by atoms with E-state index in [1.54, 1.807) is 0 Å². The molecule has 20 heavy (non-hydrogen) atoms. The van der Waals surface area contributed by atoms with Gasteiger partial charge in [-0.3, -0.25) is 0 Å². The highest BCUT2D eigenvalue weighted by molar-refractivity contribution is 5.26. The van der Waals surface area contributed by atoms with Gasteiger partial charge in [-0.05, 0) is 45.1 Å². The molecule has 0 amide bonds. The monoisotopic (exact) mass is 275 g/mol. The average molecular weight is 275 g/mol.